The van der Waals surface area contributed by atoms with Gasteiger partial charge in [0.1, 0.15) is 5.82 Å². The molecule has 1 aliphatic carbocycles. The van der Waals surface area contributed by atoms with Crippen molar-refractivity contribution in [1.29, 1.82) is 0 Å². The smallest absolute Gasteiger partial charge is 0.307 e. The van der Waals surface area contributed by atoms with Crippen molar-refractivity contribution < 1.29 is 23.5 Å². The van der Waals surface area contributed by atoms with Crippen molar-refractivity contribution in [1.82, 2.24) is 9.80 Å². The molecule has 1 aromatic carbocycles. The summed E-state index contributed by atoms with van der Waals surface area (Å²) < 4.78 is 19.8. The zero-order valence-corrected chi connectivity index (χ0v) is 23.6. The molecule has 10 heteroatoms. The third kappa shape index (κ3) is 9.45. The van der Waals surface area contributed by atoms with Gasteiger partial charge in [-0.25, -0.2) is 4.39 Å². The van der Waals surface area contributed by atoms with E-state index in [1.54, 1.807) is 32.0 Å². The number of ether oxygens (including phenoxy) is 1. The summed E-state index contributed by atoms with van der Waals surface area (Å²) in [5.74, 6) is -0.475. The molecule has 36 heavy (non-hydrogen) atoms. The summed E-state index contributed by atoms with van der Waals surface area (Å²) in [7, 11) is 1.93. The van der Waals surface area contributed by atoms with E-state index in [0.717, 1.165) is 18.4 Å². The van der Waals surface area contributed by atoms with Crippen molar-refractivity contribution in [2.24, 2.45) is 5.92 Å². The molecule has 1 heterocycles. The Labute approximate surface area is 230 Å². The summed E-state index contributed by atoms with van der Waals surface area (Å²) in [5.41, 5.74) is 1.50. The van der Waals surface area contributed by atoms with Gasteiger partial charge in [0.2, 0.25) is 0 Å². The average Bonchev–Trinajstić information content (AvgIpc) is 3.64. The quantitative estimate of drug-likeness (QED) is 0.282. The molecule has 0 radical (unpaired) electrons. The van der Waals surface area contributed by atoms with Crippen molar-refractivity contribution in [3.63, 3.8) is 0 Å². The van der Waals surface area contributed by atoms with E-state index >= 15 is 0 Å². The van der Waals surface area contributed by atoms with Crippen LogP contribution in [0.15, 0.2) is 35.9 Å². The Balaban J connectivity index is 0.00000324. The largest absolute Gasteiger partial charge is 0.466 e. The first-order valence-electron chi connectivity index (χ1n) is 12.0. The number of esters is 1. The van der Waals surface area contributed by atoms with Crippen molar-refractivity contribution in [3.05, 3.63) is 47.3 Å². The Morgan fingerprint density at radius 2 is 1.92 bits per heavy atom. The van der Waals surface area contributed by atoms with Gasteiger partial charge < -0.3 is 9.64 Å². The van der Waals surface area contributed by atoms with Crippen LogP contribution in [0.2, 0.25) is 0 Å². The molecular weight excluding hydrogens is 526 g/mol. The summed E-state index contributed by atoms with van der Waals surface area (Å²) in [5, 5.41) is 0.0873. The highest BCUT2D eigenvalue weighted by Crippen LogP contribution is 2.40. The number of likely N-dealkylation sites (tertiary alicyclic amines) is 1. The molecule has 2 fully saturated rings. The molecule has 3 rings (SSSR count). The maximum absolute atomic E-state index is 14.8. The summed E-state index contributed by atoms with van der Waals surface area (Å²) in [6.45, 7) is 6.03. The Hall–Kier alpha value is -1.45. The van der Waals surface area contributed by atoms with Gasteiger partial charge in [0.15, 0.2) is 10.9 Å². The average molecular weight is 564 g/mol. The lowest BCUT2D eigenvalue weighted by molar-refractivity contribution is -0.143. The lowest BCUT2D eigenvalue weighted by atomic mass is 9.93. The van der Waals surface area contributed by atoms with E-state index in [2.05, 4.69) is 11.0 Å². The fourth-order valence-electron chi connectivity index (χ4n) is 4.33. The summed E-state index contributed by atoms with van der Waals surface area (Å²) in [4.78, 5) is 40.9. The number of halogens is 3. The molecule has 6 nitrogen and oxygen atoms in total. The molecule has 0 bridgehead atoms. The van der Waals surface area contributed by atoms with Crippen molar-refractivity contribution in [3.8, 4) is 0 Å². The van der Waals surface area contributed by atoms with E-state index in [1.807, 2.05) is 11.9 Å². The van der Waals surface area contributed by atoms with Gasteiger partial charge in [-0.3, -0.25) is 19.3 Å². The third-order valence-corrected chi connectivity index (χ3v) is 7.42. The monoisotopic (exact) mass is 562 g/mol. The molecule has 0 N–H and O–H groups in total. The number of benzene rings is 1. The highest BCUT2D eigenvalue weighted by atomic mass is 35.5. The topological polar surface area (TPSA) is 66.9 Å². The number of hydrogen-bond donors (Lipinski definition) is 0. The number of thioether (sulfide) groups is 1. The minimum absolute atomic E-state index is 0. The Kier molecular flexibility index (Phi) is 14.2. The predicted octanol–water partition coefficient (Wildman–Crippen LogP) is 4.85. The van der Waals surface area contributed by atoms with Crippen LogP contribution >= 0.6 is 36.6 Å². The van der Waals surface area contributed by atoms with E-state index in [0.29, 0.717) is 51.2 Å². The van der Waals surface area contributed by atoms with E-state index in [1.165, 1.54) is 17.8 Å². The van der Waals surface area contributed by atoms with E-state index in [9.17, 15) is 18.8 Å². The number of carbonyl (C=O) groups excluding carboxylic acids is 3. The number of likely N-dealkylation sites (N-methyl/N-ethyl adjacent to an activating group) is 1. The molecule has 202 valence electrons. The first-order valence-corrected chi connectivity index (χ1v) is 12.9. The molecule has 0 aromatic heterocycles. The molecule has 2 unspecified atom stereocenters. The van der Waals surface area contributed by atoms with Gasteiger partial charge in [-0.15, -0.1) is 24.8 Å². The molecule has 0 spiro atoms. The van der Waals surface area contributed by atoms with Gasteiger partial charge in [0.25, 0.3) is 0 Å². The number of carbonyl (C=O) groups is 3. The van der Waals surface area contributed by atoms with Crippen molar-refractivity contribution >= 4 is 53.4 Å². The minimum atomic E-state index is -0.609. The lowest BCUT2D eigenvalue weighted by Gasteiger charge is -2.38. The third-order valence-electron chi connectivity index (χ3n) is 6.27. The second-order valence-corrected chi connectivity index (χ2v) is 10.4. The number of hydrogen-bond acceptors (Lipinski definition) is 7. The number of Topliss-reactive ketones (excluding diaryl/α,β-unsaturated/α-hetero) is 1. The zero-order valence-electron chi connectivity index (χ0n) is 21.1. The standard InChI is InChI=1S/C26H35FN2O4S.2ClH/c1-4-33-24(31)13-15-28(3)14-11-20-17-29(16-12-23(20)34-18(2)30)25(26(32)19-9-10-19)21-7-5-6-8-22(21)27;;/h5-8,11,19,23,25H,4,9-10,12-17H2,1-3H3;2*1H/b20-11-;;. The van der Waals surface area contributed by atoms with E-state index in [-0.39, 0.29) is 58.7 Å². The molecule has 1 aromatic rings. The maximum atomic E-state index is 14.8. The van der Waals surface area contributed by atoms with Crippen LogP contribution in [0.5, 0.6) is 0 Å². The highest BCUT2D eigenvalue weighted by molar-refractivity contribution is 8.14. The van der Waals surface area contributed by atoms with E-state index in [4.69, 9.17) is 4.74 Å². The van der Waals surface area contributed by atoms with Crippen LogP contribution in [0.1, 0.15) is 51.1 Å². The number of nitrogens with zero attached hydrogens (tertiary/aromatic N) is 2. The molecule has 2 aliphatic rings. The van der Waals surface area contributed by atoms with Gasteiger partial charge in [0, 0.05) is 49.8 Å². The van der Waals surface area contributed by atoms with Crippen molar-refractivity contribution in [2.75, 3.05) is 39.8 Å². The number of piperidine rings is 1. The van der Waals surface area contributed by atoms with Crippen LogP contribution in [0.4, 0.5) is 4.39 Å². The molecule has 1 aliphatic heterocycles. The highest BCUT2D eigenvalue weighted by Gasteiger charge is 2.41. The van der Waals surface area contributed by atoms with Crippen LogP contribution in [0, 0.1) is 11.7 Å². The summed E-state index contributed by atoms with van der Waals surface area (Å²) in [6.07, 6.45) is 4.86. The fraction of sp³-hybridized carbons (Fsp3) is 0.577. The Bertz CT molecular complexity index is 929. The van der Waals surface area contributed by atoms with Crippen molar-refractivity contribution in [2.45, 2.75) is 50.8 Å². The van der Waals surface area contributed by atoms with Gasteiger partial charge >= 0.3 is 5.97 Å². The SMILES string of the molecule is CCOC(=O)CCN(C)C/C=C1/CN(C(C(=O)C2CC2)c2ccccc2F)CCC1SC(C)=O.Cl.Cl. The Morgan fingerprint density at radius 3 is 2.53 bits per heavy atom. The van der Waals surface area contributed by atoms with E-state index < -0.39 is 6.04 Å². The maximum Gasteiger partial charge on any atom is 0.307 e. The molecule has 2 atom stereocenters. The number of rotatable bonds is 11. The predicted molar refractivity (Wildman–Crippen MR) is 146 cm³/mol. The van der Waals surface area contributed by atoms with Crippen LogP contribution in [0.25, 0.3) is 0 Å². The number of ketones is 1. The van der Waals surface area contributed by atoms with Gasteiger partial charge in [-0.2, -0.15) is 0 Å². The zero-order chi connectivity index (χ0) is 24.7. The fourth-order valence-corrected chi connectivity index (χ4v) is 5.28. The first kappa shape index (κ1) is 32.6. The van der Waals surface area contributed by atoms with Crippen LogP contribution < -0.4 is 0 Å². The minimum Gasteiger partial charge on any atom is -0.466 e. The van der Waals surface area contributed by atoms with Gasteiger partial charge in [-0.05, 0) is 44.9 Å². The second kappa shape index (κ2) is 15.7. The van der Waals surface area contributed by atoms with Crippen LogP contribution in [-0.4, -0.2) is 71.8 Å². The Morgan fingerprint density at radius 1 is 1.22 bits per heavy atom. The van der Waals surface area contributed by atoms with Gasteiger partial charge in [-0.1, -0.05) is 36.0 Å². The lowest BCUT2D eigenvalue weighted by Crippen LogP contribution is -2.43. The summed E-state index contributed by atoms with van der Waals surface area (Å²) >= 11 is 1.31. The molecular formula is C26H37Cl2FN2O4S. The molecule has 1 saturated carbocycles. The first-order chi connectivity index (χ1) is 16.3. The van der Waals surface area contributed by atoms with Gasteiger partial charge in [0.05, 0.1) is 19.1 Å². The van der Waals surface area contributed by atoms with Crippen LogP contribution in [-0.2, 0) is 19.1 Å². The normalized spacial score (nSPS) is 19.8. The summed E-state index contributed by atoms with van der Waals surface area (Å²) in [6, 6.07) is 5.94. The second-order valence-electron chi connectivity index (χ2n) is 9.05. The molecule has 1 saturated heterocycles. The molecule has 0 amide bonds. The van der Waals surface area contributed by atoms with Crippen LogP contribution in [0.3, 0.4) is 0 Å².